The van der Waals surface area contributed by atoms with Crippen LogP contribution in [-0.4, -0.2) is 20.7 Å². The zero-order valence-corrected chi connectivity index (χ0v) is 13.8. The van der Waals surface area contributed by atoms with E-state index in [-0.39, 0.29) is 17.0 Å². The monoisotopic (exact) mass is 344 g/mol. The number of para-hydroxylation sites is 2. The van der Waals surface area contributed by atoms with E-state index in [1.54, 1.807) is 29.1 Å². The number of aromatic nitrogens is 3. The number of fused-ring (bicyclic) bond motifs is 1. The van der Waals surface area contributed by atoms with Gasteiger partial charge in [0.1, 0.15) is 5.69 Å². The van der Waals surface area contributed by atoms with Crippen molar-refractivity contribution in [2.45, 2.75) is 6.54 Å². The highest BCUT2D eigenvalue weighted by Crippen LogP contribution is 2.13. The van der Waals surface area contributed by atoms with Crippen molar-refractivity contribution in [3.05, 3.63) is 94.5 Å². The van der Waals surface area contributed by atoms with Crippen LogP contribution in [0.3, 0.4) is 0 Å². The SMILES string of the molecule is O=C(NCc1ccccc1-n1cccn1)c1cc(=O)c2ccccc2[nH]1. The van der Waals surface area contributed by atoms with E-state index >= 15 is 0 Å². The first-order valence-electron chi connectivity index (χ1n) is 8.20. The lowest BCUT2D eigenvalue weighted by Crippen LogP contribution is -2.25. The molecule has 4 rings (SSSR count). The van der Waals surface area contributed by atoms with Crippen molar-refractivity contribution >= 4 is 16.8 Å². The Bertz CT molecular complexity index is 1130. The van der Waals surface area contributed by atoms with Gasteiger partial charge in [-0.25, -0.2) is 4.68 Å². The standard InChI is InChI=1S/C20H16N4O2/c25-19-12-17(23-16-8-3-2-7-15(16)19)20(26)21-13-14-6-1-4-9-18(14)24-11-5-10-22-24/h1-12H,13H2,(H,21,26)(H,23,25). The second kappa shape index (κ2) is 6.68. The van der Waals surface area contributed by atoms with E-state index in [0.717, 1.165) is 11.3 Å². The van der Waals surface area contributed by atoms with Crippen LogP contribution in [0, 0.1) is 0 Å². The summed E-state index contributed by atoms with van der Waals surface area (Å²) in [6, 6.07) is 18.0. The van der Waals surface area contributed by atoms with Gasteiger partial charge < -0.3 is 10.3 Å². The molecule has 6 nitrogen and oxygen atoms in total. The number of pyridine rings is 1. The lowest BCUT2D eigenvalue weighted by atomic mass is 10.1. The summed E-state index contributed by atoms with van der Waals surface area (Å²) >= 11 is 0. The predicted molar refractivity (Wildman–Crippen MR) is 99.3 cm³/mol. The predicted octanol–water partition coefficient (Wildman–Crippen LogP) is 2.64. The highest BCUT2D eigenvalue weighted by atomic mass is 16.2. The van der Waals surface area contributed by atoms with Gasteiger partial charge in [-0.15, -0.1) is 0 Å². The number of amides is 1. The third-order valence-corrected chi connectivity index (χ3v) is 4.16. The van der Waals surface area contributed by atoms with Gasteiger partial charge in [-0.3, -0.25) is 9.59 Å². The molecule has 2 heterocycles. The number of aromatic amines is 1. The number of carbonyl (C=O) groups is 1. The van der Waals surface area contributed by atoms with Crippen LogP contribution >= 0.6 is 0 Å². The van der Waals surface area contributed by atoms with Crippen LogP contribution < -0.4 is 10.7 Å². The summed E-state index contributed by atoms with van der Waals surface area (Å²) < 4.78 is 1.75. The fourth-order valence-electron chi connectivity index (χ4n) is 2.89. The largest absolute Gasteiger partial charge is 0.350 e. The molecule has 2 aromatic carbocycles. The number of nitrogens with one attached hydrogen (secondary N) is 2. The van der Waals surface area contributed by atoms with Crippen molar-refractivity contribution in [2.75, 3.05) is 0 Å². The summed E-state index contributed by atoms with van der Waals surface area (Å²) in [4.78, 5) is 27.7. The molecule has 0 aliphatic rings. The lowest BCUT2D eigenvalue weighted by Gasteiger charge is -2.11. The summed E-state index contributed by atoms with van der Waals surface area (Å²) in [6.07, 6.45) is 3.55. The second-order valence-electron chi connectivity index (χ2n) is 5.85. The Morgan fingerprint density at radius 2 is 1.88 bits per heavy atom. The summed E-state index contributed by atoms with van der Waals surface area (Å²) in [7, 11) is 0. The molecular formula is C20H16N4O2. The Hall–Kier alpha value is -3.67. The van der Waals surface area contributed by atoms with E-state index in [0.29, 0.717) is 17.4 Å². The Kier molecular flexibility index (Phi) is 4.07. The van der Waals surface area contributed by atoms with Gasteiger partial charge in [0.25, 0.3) is 5.91 Å². The minimum atomic E-state index is -0.330. The molecular weight excluding hydrogens is 328 g/mol. The van der Waals surface area contributed by atoms with Crippen LogP contribution in [0.4, 0.5) is 0 Å². The van der Waals surface area contributed by atoms with Gasteiger partial charge in [0.15, 0.2) is 5.43 Å². The number of H-pyrrole nitrogens is 1. The number of rotatable bonds is 4. The van der Waals surface area contributed by atoms with E-state index in [9.17, 15) is 9.59 Å². The lowest BCUT2D eigenvalue weighted by molar-refractivity contribution is 0.0946. The van der Waals surface area contributed by atoms with E-state index in [1.165, 1.54) is 6.07 Å². The van der Waals surface area contributed by atoms with Crippen molar-refractivity contribution in [3.8, 4) is 5.69 Å². The number of hydrogen-bond donors (Lipinski definition) is 2. The van der Waals surface area contributed by atoms with Gasteiger partial charge in [0.2, 0.25) is 0 Å². The highest BCUT2D eigenvalue weighted by molar-refractivity contribution is 5.94. The maximum Gasteiger partial charge on any atom is 0.268 e. The van der Waals surface area contributed by atoms with Crippen LogP contribution in [0.25, 0.3) is 16.6 Å². The normalized spacial score (nSPS) is 10.8. The summed E-state index contributed by atoms with van der Waals surface area (Å²) in [5, 5.41) is 7.66. The number of carbonyl (C=O) groups excluding carboxylic acids is 1. The van der Waals surface area contributed by atoms with E-state index in [2.05, 4.69) is 15.4 Å². The zero-order chi connectivity index (χ0) is 17.9. The smallest absolute Gasteiger partial charge is 0.268 e. The molecule has 4 aromatic rings. The molecule has 0 spiro atoms. The molecule has 1 amide bonds. The molecule has 0 unspecified atom stereocenters. The van der Waals surface area contributed by atoms with Crippen LogP contribution in [-0.2, 0) is 6.54 Å². The molecule has 0 saturated heterocycles. The number of hydrogen-bond acceptors (Lipinski definition) is 3. The van der Waals surface area contributed by atoms with Crippen molar-refractivity contribution < 1.29 is 4.79 Å². The van der Waals surface area contributed by atoms with Gasteiger partial charge in [-0.2, -0.15) is 5.10 Å². The summed E-state index contributed by atoms with van der Waals surface area (Å²) in [6.45, 7) is 0.323. The molecule has 6 heteroatoms. The van der Waals surface area contributed by atoms with Crippen molar-refractivity contribution in [1.29, 1.82) is 0 Å². The van der Waals surface area contributed by atoms with E-state index in [4.69, 9.17) is 0 Å². The zero-order valence-electron chi connectivity index (χ0n) is 13.8. The maximum absolute atomic E-state index is 12.5. The molecule has 0 atom stereocenters. The van der Waals surface area contributed by atoms with Crippen molar-refractivity contribution in [1.82, 2.24) is 20.1 Å². The maximum atomic E-state index is 12.5. The van der Waals surface area contributed by atoms with Crippen LogP contribution in [0.5, 0.6) is 0 Å². The summed E-state index contributed by atoms with van der Waals surface area (Å²) in [5.41, 5.74) is 2.52. The molecule has 128 valence electrons. The first-order chi connectivity index (χ1) is 12.7. The minimum Gasteiger partial charge on any atom is -0.350 e. The minimum absolute atomic E-state index is 0.179. The third-order valence-electron chi connectivity index (χ3n) is 4.16. The van der Waals surface area contributed by atoms with Gasteiger partial charge >= 0.3 is 0 Å². The number of nitrogens with zero attached hydrogens (tertiary/aromatic N) is 2. The first kappa shape index (κ1) is 15.8. The van der Waals surface area contributed by atoms with Crippen LogP contribution in [0.15, 0.2) is 77.9 Å². The van der Waals surface area contributed by atoms with E-state index in [1.807, 2.05) is 42.6 Å². The Morgan fingerprint density at radius 1 is 1.08 bits per heavy atom. The first-order valence-corrected chi connectivity index (χ1v) is 8.20. The third kappa shape index (κ3) is 3.00. The second-order valence-corrected chi connectivity index (χ2v) is 5.85. The molecule has 0 aliphatic carbocycles. The Balaban J connectivity index is 1.58. The quantitative estimate of drug-likeness (QED) is 0.597. The fraction of sp³-hybridized carbons (Fsp3) is 0.0500. The van der Waals surface area contributed by atoms with E-state index < -0.39 is 0 Å². The summed E-state index contributed by atoms with van der Waals surface area (Å²) in [5.74, 6) is -0.330. The molecule has 0 aliphatic heterocycles. The Morgan fingerprint density at radius 3 is 2.73 bits per heavy atom. The molecule has 0 radical (unpaired) electrons. The molecule has 0 fully saturated rings. The Labute approximate surface area is 149 Å². The van der Waals surface area contributed by atoms with Gasteiger partial charge in [0.05, 0.1) is 5.69 Å². The van der Waals surface area contributed by atoms with Gasteiger partial charge in [0, 0.05) is 35.9 Å². The van der Waals surface area contributed by atoms with Crippen LogP contribution in [0.1, 0.15) is 16.1 Å². The van der Waals surface area contributed by atoms with Gasteiger partial charge in [-0.1, -0.05) is 30.3 Å². The topological polar surface area (TPSA) is 79.8 Å². The van der Waals surface area contributed by atoms with Crippen molar-refractivity contribution in [2.24, 2.45) is 0 Å². The average molecular weight is 344 g/mol. The van der Waals surface area contributed by atoms with Crippen LogP contribution in [0.2, 0.25) is 0 Å². The van der Waals surface area contributed by atoms with Crippen molar-refractivity contribution in [3.63, 3.8) is 0 Å². The molecule has 2 N–H and O–H groups in total. The average Bonchev–Trinajstić information content (AvgIpc) is 3.21. The molecule has 26 heavy (non-hydrogen) atoms. The fourth-order valence-corrected chi connectivity index (χ4v) is 2.89. The number of benzene rings is 2. The molecule has 0 bridgehead atoms. The highest BCUT2D eigenvalue weighted by Gasteiger charge is 2.11. The molecule has 2 aromatic heterocycles. The molecule has 0 saturated carbocycles. The van der Waals surface area contributed by atoms with Gasteiger partial charge in [-0.05, 0) is 29.8 Å².